The molecule has 2 aromatic carbocycles. The van der Waals surface area contributed by atoms with E-state index < -0.39 is 0 Å². The average molecular weight is 399 g/mol. The van der Waals surface area contributed by atoms with E-state index in [-0.39, 0.29) is 11.5 Å². The molecular formula is C19H15ClN4O2S. The Kier molecular flexibility index (Phi) is 4.87. The van der Waals surface area contributed by atoms with Crippen LogP contribution in [-0.2, 0) is 0 Å². The highest BCUT2D eigenvalue weighted by Crippen LogP contribution is 2.26. The van der Waals surface area contributed by atoms with E-state index in [4.69, 9.17) is 16.3 Å². The molecule has 0 unspecified atom stereocenters. The second-order valence-electron chi connectivity index (χ2n) is 5.85. The molecule has 136 valence electrons. The Morgan fingerprint density at radius 1 is 1.15 bits per heavy atom. The fraction of sp³-hybridized carbons (Fsp3) is 0.105. The molecule has 0 saturated carbocycles. The van der Waals surface area contributed by atoms with Gasteiger partial charge in [-0.15, -0.1) is 0 Å². The van der Waals surface area contributed by atoms with Gasteiger partial charge in [0.2, 0.25) is 0 Å². The van der Waals surface area contributed by atoms with Crippen LogP contribution in [0.4, 0.5) is 0 Å². The standard InChI is InChI=1S/C19H15ClN4O2S/c1-12-5-4-6-13(9-12)18-21-16-10-17(25)23-24(16)19(22-18)27-11-26-15-8-3-2-7-14(15)20/h2-10H,11H2,1H3,(H,23,25). The second kappa shape index (κ2) is 7.46. The first-order valence-electron chi connectivity index (χ1n) is 8.17. The molecule has 8 heteroatoms. The zero-order valence-electron chi connectivity index (χ0n) is 14.3. The molecule has 27 heavy (non-hydrogen) atoms. The molecule has 2 aromatic heterocycles. The topological polar surface area (TPSA) is 72.3 Å². The summed E-state index contributed by atoms with van der Waals surface area (Å²) in [7, 11) is 0. The second-order valence-corrected chi connectivity index (χ2v) is 7.15. The van der Waals surface area contributed by atoms with Crippen LogP contribution in [0.1, 0.15) is 5.56 Å². The van der Waals surface area contributed by atoms with Gasteiger partial charge in [-0.2, -0.15) is 0 Å². The number of aromatic amines is 1. The normalized spacial score (nSPS) is 11.0. The number of hydrogen-bond acceptors (Lipinski definition) is 5. The lowest BCUT2D eigenvalue weighted by atomic mass is 10.1. The fourth-order valence-corrected chi connectivity index (χ4v) is 3.50. The van der Waals surface area contributed by atoms with Gasteiger partial charge in [-0.05, 0) is 36.9 Å². The smallest absolute Gasteiger partial charge is 0.266 e. The highest BCUT2D eigenvalue weighted by molar-refractivity contribution is 7.99. The van der Waals surface area contributed by atoms with Gasteiger partial charge in [-0.1, -0.05) is 47.5 Å². The summed E-state index contributed by atoms with van der Waals surface area (Å²) in [4.78, 5) is 20.9. The lowest BCUT2D eigenvalue weighted by Crippen LogP contribution is -2.06. The summed E-state index contributed by atoms with van der Waals surface area (Å²) >= 11 is 7.45. The maximum atomic E-state index is 11.8. The largest absolute Gasteiger partial charge is 0.481 e. The minimum atomic E-state index is -0.237. The van der Waals surface area contributed by atoms with Crippen LogP contribution in [0, 0.1) is 6.92 Å². The molecule has 0 aliphatic heterocycles. The van der Waals surface area contributed by atoms with Crippen molar-refractivity contribution in [1.82, 2.24) is 19.6 Å². The van der Waals surface area contributed by atoms with Crippen molar-refractivity contribution in [2.45, 2.75) is 12.1 Å². The number of nitrogens with one attached hydrogen (secondary N) is 1. The van der Waals surface area contributed by atoms with Gasteiger partial charge < -0.3 is 4.74 Å². The monoisotopic (exact) mass is 398 g/mol. The number of aromatic nitrogens is 4. The minimum Gasteiger partial charge on any atom is -0.481 e. The Labute approximate surface area is 164 Å². The predicted octanol–water partition coefficient (Wildman–Crippen LogP) is 4.18. The zero-order chi connectivity index (χ0) is 18.8. The van der Waals surface area contributed by atoms with Crippen molar-refractivity contribution in [3.05, 3.63) is 75.5 Å². The van der Waals surface area contributed by atoms with E-state index in [9.17, 15) is 4.79 Å². The van der Waals surface area contributed by atoms with E-state index in [1.165, 1.54) is 17.8 Å². The van der Waals surface area contributed by atoms with Crippen molar-refractivity contribution in [2.24, 2.45) is 0 Å². The number of fused-ring (bicyclic) bond motifs is 1. The van der Waals surface area contributed by atoms with Crippen molar-refractivity contribution < 1.29 is 4.74 Å². The summed E-state index contributed by atoms with van der Waals surface area (Å²) < 4.78 is 7.28. The highest BCUT2D eigenvalue weighted by atomic mass is 35.5. The lowest BCUT2D eigenvalue weighted by molar-refractivity contribution is 0.392. The molecule has 4 rings (SSSR count). The number of halogens is 1. The number of rotatable bonds is 5. The van der Waals surface area contributed by atoms with Crippen LogP contribution in [0.5, 0.6) is 5.75 Å². The summed E-state index contributed by atoms with van der Waals surface area (Å²) in [5.74, 6) is 1.43. The Hall–Kier alpha value is -2.77. The molecule has 0 bridgehead atoms. The molecule has 0 spiro atoms. The lowest BCUT2D eigenvalue weighted by Gasteiger charge is -2.09. The third-order valence-corrected chi connectivity index (χ3v) is 4.92. The van der Waals surface area contributed by atoms with Crippen molar-refractivity contribution in [1.29, 1.82) is 0 Å². The van der Waals surface area contributed by atoms with Crippen molar-refractivity contribution >= 4 is 29.0 Å². The van der Waals surface area contributed by atoms with Gasteiger partial charge in [-0.3, -0.25) is 9.89 Å². The Bertz CT molecular complexity index is 1170. The first-order chi connectivity index (χ1) is 13.1. The first-order valence-corrected chi connectivity index (χ1v) is 9.53. The molecule has 4 aromatic rings. The molecule has 0 radical (unpaired) electrons. The van der Waals surface area contributed by atoms with E-state index in [2.05, 4.69) is 15.1 Å². The van der Waals surface area contributed by atoms with Crippen LogP contribution in [0.25, 0.3) is 17.0 Å². The number of H-pyrrole nitrogens is 1. The summed E-state index contributed by atoms with van der Waals surface area (Å²) in [6.07, 6.45) is 0. The number of hydrogen-bond donors (Lipinski definition) is 1. The summed E-state index contributed by atoms with van der Waals surface area (Å²) in [6.45, 7) is 2.01. The third kappa shape index (κ3) is 3.84. The molecule has 0 atom stereocenters. The van der Waals surface area contributed by atoms with Crippen LogP contribution in [0.15, 0.2) is 64.5 Å². The average Bonchev–Trinajstić information content (AvgIpc) is 3.03. The van der Waals surface area contributed by atoms with E-state index in [1.54, 1.807) is 16.6 Å². The van der Waals surface area contributed by atoms with Crippen molar-refractivity contribution in [3.63, 3.8) is 0 Å². The molecule has 0 saturated heterocycles. The van der Waals surface area contributed by atoms with Crippen LogP contribution in [-0.4, -0.2) is 25.5 Å². The van der Waals surface area contributed by atoms with E-state index >= 15 is 0 Å². The molecule has 0 fully saturated rings. The Morgan fingerprint density at radius 3 is 2.81 bits per heavy atom. The van der Waals surface area contributed by atoms with E-state index in [0.717, 1.165) is 11.1 Å². The fourth-order valence-electron chi connectivity index (χ4n) is 2.60. The number of para-hydroxylation sites is 1. The van der Waals surface area contributed by atoms with Crippen molar-refractivity contribution in [3.8, 4) is 17.1 Å². The van der Waals surface area contributed by atoms with Gasteiger partial charge in [0.1, 0.15) is 11.7 Å². The molecule has 0 amide bonds. The molecule has 6 nitrogen and oxygen atoms in total. The Balaban J connectivity index is 1.66. The van der Waals surface area contributed by atoms with Gasteiger partial charge in [-0.25, -0.2) is 14.5 Å². The number of nitrogens with zero attached hydrogens (tertiary/aromatic N) is 3. The number of thioether (sulfide) groups is 1. The molecule has 0 aliphatic rings. The first kappa shape index (κ1) is 17.6. The predicted molar refractivity (Wildman–Crippen MR) is 107 cm³/mol. The van der Waals surface area contributed by atoms with Gasteiger partial charge in [0.15, 0.2) is 16.6 Å². The molecule has 0 aliphatic carbocycles. The van der Waals surface area contributed by atoms with Gasteiger partial charge >= 0.3 is 0 Å². The highest BCUT2D eigenvalue weighted by Gasteiger charge is 2.12. The molecule has 1 N–H and O–H groups in total. The van der Waals surface area contributed by atoms with Crippen LogP contribution < -0.4 is 10.3 Å². The third-order valence-electron chi connectivity index (χ3n) is 3.84. The van der Waals surface area contributed by atoms with Crippen molar-refractivity contribution in [2.75, 3.05) is 5.94 Å². The quantitative estimate of drug-likeness (QED) is 0.403. The van der Waals surface area contributed by atoms with Crippen LogP contribution in [0.3, 0.4) is 0 Å². The minimum absolute atomic E-state index is 0.237. The van der Waals surface area contributed by atoms with E-state index in [1.807, 2.05) is 43.3 Å². The molecule has 2 heterocycles. The summed E-state index contributed by atoms with van der Waals surface area (Å²) in [5, 5.41) is 3.83. The maximum Gasteiger partial charge on any atom is 0.266 e. The van der Waals surface area contributed by atoms with Crippen LogP contribution in [0.2, 0.25) is 5.02 Å². The van der Waals surface area contributed by atoms with Gasteiger partial charge in [0, 0.05) is 11.6 Å². The zero-order valence-corrected chi connectivity index (χ0v) is 15.9. The number of aryl methyl sites for hydroxylation is 1. The number of benzene rings is 2. The Morgan fingerprint density at radius 2 is 2.00 bits per heavy atom. The maximum absolute atomic E-state index is 11.8. The summed E-state index contributed by atoms with van der Waals surface area (Å²) in [5.41, 5.74) is 2.27. The number of ether oxygens (including phenoxy) is 1. The van der Waals surface area contributed by atoms with Crippen LogP contribution >= 0.6 is 23.4 Å². The SMILES string of the molecule is Cc1cccc(-c2nc(SCOc3ccccc3Cl)n3[nH]c(=O)cc3n2)c1. The summed E-state index contributed by atoms with van der Waals surface area (Å²) in [6, 6.07) is 16.6. The van der Waals surface area contributed by atoms with Gasteiger partial charge in [0.25, 0.3) is 5.56 Å². The molecular weight excluding hydrogens is 384 g/mol. The van der Waals surface area contributed by atoms with Gasteiger partial charge in [0.05, 0.1) is 5.02 Å². The van der Waals surface area contributed by atoms with E-state index in [0.29, 0.717) is 27.4 Å².